The monoisotopic (exact) mass is 579 g/mol. The molecule has 1 unspecified atom stereocenters. The van der Waals surface area contributed by atoms with E-state index in [-0.39, 0.29) is 63.5 Å². The predicted octanol–water partition coefficient (Wildman–Crippen LogP) is 1.07. The molecule has 0 aliphatic carbocycles. The molecule has 0 aromatic heterocycles. The molecule has 1 aliphatic rings. The first-order valence-electron chi connectivity index (χ1n) is 11.3. The third-order valence-electron chi connectivity index (χ3n) is 5.69. The van der Waals surface area contributed by atoms with Crippen LogP contribution in [0.2, 0.25) is 10.0 Å². The van der Waals surface area contributed by atoms with Crippen molar-refractivity contribution in [3.8, 4) is 17.2 Å². The fourth-order valence-electron chi connectivity index (χ4n) is 3.71. The molecule has 0 saturated carbocycles. The number of hydrogen-bond acceptors (Lipinski definition) is 7. The molecule has 1 amide bonds. The number of carboxylic acids is 1. The zero-order chi connectivity index (χ0) is 27.4. The molecule has 196 valence electrons. The minimum absolute atomic E-state index is 0. The largest absolute Gasteiger partial charge is 1.00 e. The van der Waals surface area contributed by atoms with Gasteiger partial charge in [-0.05, 0) is 61.0 Å². The number of carboxylic acid groups (broad SMARTS) is 1. The van der Waals surface area contributed by atoms with Gasteiger partial charge in [0.15, 0.2) is 0 Å². The van der Waals surface area contributed by atoms with E-state index in [0.717, 1.165) is 0 Å². The third kappa shape index (κ3) is 7.46. The van der Waals surface area contributed by atoms with E-state index in [0.29, 0.717) is 34.6 Å². The third-order valence-corrected chi connectivity index (χ3v) is 6.29. The van der Waals surface area contributed by atoms with Gasteiger partial charge in [-0.1, -0.05) is 29.3 Å². The molecular weight excluding hydrogens is 559 g/mol. The Bertz CT molecular complexity index is 1460. The average Bonchev–Trinajstić information content (AvgIpc) is 2.89. The van der Waals surface area contributed by atoms with E-state index in [1.807, 2.05) is 0 Å². The van der Waals surface area contributed by atoms with Crippen molar-refractivity contribution >= 4 is 40.8 Å². The summed E-state index contributed by atoms with van der Waals surface area (Å²) in [5.41, 5.74) is 13.2. The molecule has 3 aromatic carbocycles. The molecule has 1 heterocycles. The molecule has 3 aromatic rings. The number of nitrogens with one attached hydrogen (secondary N) is 1. The van der Waals surface area contributed by atoms with Gasteiger partial charge in [0.2, 0.25) is 0 Å². The number of nitrogens with two attached hydrogens (primary N) is 2. The van der Waals surface area contributed by atoms with E-state index in [2.05, 4.69) is 5.32 Å². The summed E-state index contributed by atoms with van der Waals surface area (Å²) in [7, 11) is 0. The number of allylic oxidation sites excluding steroid dienone is 2. The number of halogens is 3. The van der Waals surface area contributed by atoms with Gasteiger partial charge in [-0.3, -0.25) is 4.79 Å². The van der Waals surface area contributed by atoms with Gasteiger partial charge in [-0.2, -0.15) is 0 Å². The summed E-state index contributed by atoms with van der Waals surface area (Å²) in [6.07, 6.45) is 3.10. The Kier molecular flexibility index (Phi) is 10.3. The summed E-state index contributed by atoms with van der Waals surface area (Å²) < 4.78 is 25.0. The molecule has 1 atom stereocenters. The van der Waals surface area contributed by atoms with Gasteiger partial charge in [0.05, 0.1) is 16.7 Å². The summed E-state index contributed by atoms with van der Waals surface area (Å²) in [4.78, 5) is 23.9. The topological polar surface area (TPSA) is 140 Å². The van der Waals surface area contributed by atoms with Gasteiger partial charge < -0.3 is 36.2 Å². The van der Waals surface area contributed by atoms with E-state index < -0.39 is 23.6 Å². The number of benzene rings is 3. The average molecular weight is 580 g/mol. The second-order valence-electron chi connectivity index (χ2n) is 8.28. The Morgan fingerprint density at radius 1 is 1.03 bits per heavy atom. The van der Waals surface area contributed by atoms with Gasteiger partial charge in [0.25, 0.3) is 5.91 Å². The van der Waals surface area contributed by atoms with Crippen molar-refractivity contribution in [1.82, 2.24) is 5.32 Å². The van der Waals surface area contributed by atoms with Crippen LogP contribution in [0.4, 0.5) is 4.39 Å². The van der Waals surface area contributed by atoms with Crippen LogP contribution in [-0.2, 0) is 4.79 Å². The van der Waals surface area contributed by atoms with Crippen molar-refractivity contribution < 1.29 is 58.1 Å². The van der Waals surface area contributed by atoms with Crippen LogP contribution in [0, 0.1) is 5.82 Å². The summed E-state index contributed by atoms with van der Waals surface area (Å²) in [6, 6.07) is 13.3. The van der Waals surface area contributed by atoms with Crippen LogP contribution in [0.5, 0.6) is 17.2 Å². The molecule has 4 rings (SSSR count). The first-order valence-corrected chi connectivity index (χ1v) is 12.0. The van der Waals surface area contributed by atoms with Crippen LogP contribution in [0.1, 0.15) is 33.8 Å². The number of ether oxygens (including phenoxy) is 2. The maximum absolute atomic E-state index is 13.6. The molecule has 1 aliphatic heterocycles. The van der Waals surface area contributed by atoms with Crippen molar-refractivity contribution in [3.63, 3.8) is 0 Å². The predicted molar refractivity (Wildman–Crippen MR) is 139 cm³/mol. The minimum Gasteiger partial charge on any atom is -0.549 e. The van der Waals surface area contributed by atoms with Crippen molar-refractivity contribution in [2.45, 2.75) is 12.3 Å². The van der Waals surface area contributed by atoms with Gasteiger partial charge in [0.1, 0.15) is 28.9 Å². The van der Waals surface area contributed by atoms with E-state index >= 15 is 0 Å². The number of amides is 1. The normalized spacial score (nSPS) is 14.9. The van der Waals surface area contributed by atoms with E-state index in [1.54, 1.807) is 18.2 Å². The maximum Gasteiger partial charge on any atom is 1.00 e. The summed E-state index contributed by atoms with van der Waals surface area (Å²) >= 11 is 12.0. The van der Waals surface area contributed by atoms with Crippen LogP contribution >= 0.6 is 23.2 Å². The quantitative estimate of drug-likeness (QED) is 0.281. The van der Waals surface area contributed by atoms with E-state index in [1.165, 1.54) is 48.6 Å². The van der Waals surface area contributed by atoms with Gasteiger partial charge >= 0.3 is 29.6 Å². The van der Waals surface area contributed by atoms with Crippen LogP contribution in [-0.4, -0.2) is 18.5 Å². The number of carbonyl (C=O) groups is 2. The van der Waals surface area contributed by atoms with Crippen LogP contribution in [0.25, 0.3) is 5.70 Å². The molecule has 8 nitrogen and oxygen atoms in total. The number of aliphatic carboxylic acids is 1. The SMILES string of the molecule is N/C(=C\C=C(/N)NC(=O)c1ccc(Oc2cc3c(cc2Cl)C(C(=O)[O-])CCO3)cc1)c1ccc(Cl)c(F)c1.[Na+]. The Hall–Kier alpha value is -3.21. The molecule has 39 heavy (non-hydrogen) atoms. The second kappa shape index (κ2) is 13.2. The smallest absolute Gasteiger partial charge is 0.549 e. The molecule has 0 spiro atoms. The van der Waals surface area contributed by atoms with Gasteiger partial charge in [0, 0.05) is 40.3 Å². The summed E-state index contributed by atoms with van der Waals surface area (Å²) in [6.45, 7) is 0.232. The number of carbonyl (C=O) groups excluding carboxylic acids is 2. The Balaban J connectivity index is 0.00000420. The van der Waals surface area contributed by atoms with E-state index in [9.17, 15) is 19.1 Å². The van der Waals surface area contributed by atoms with Gasteiger partial charge in [-0.15, -0.1) is 0 Å². The number of rotatable bonds is 7. The van der Waals surface area contributed by atoms with Crippen molar-refractivity contribution in [2.75, 3.05) is 6.61 Å². The second-order valence-corrected chi connectivity index (χ2v) is 9.10. The van der Waals surface area contributed by atoms with Crippen molar-refractivity contribution in [2.24, 2.45) is 11.5 Å². The molecule has 0 bridgehead atoms. The maximum atomic E-state index is 13.6. The zero-order valence-corrected chi connectivity index (χ0v) is 24.2. The molecule has 12 heteroatoms. The fourth-order valence-corrected chi connectivity index (χ4v) is 4.04. The Morgan fingerprint density at radius 2 is 1.72 bits per heavy atom. The summed E-state index contributed by atoms with van der Waals surface area (Å²) in [5, 5.41) is 14.1. The van der Waals surface area contributed by atoms with Crippen molar-refractivity contribution in [3.05, 3.63) is 105 Å². The van der Waals surface area contributed by atoms with Gasteiger partial charge in [-0.25, -0.2) is 4.39 Å². The van der Waals surface area contributed by atoms with Crippen LogP contribution in [0.15, 0.2) is 72.6 Å². The van der Waals surface area contributed by atoms with Crippen LogP contribution in [0.3, 0.4) is 0 Å². The minimum atomic E-state index is -1.19. The molecular formula is C27H21Cl2FN3NaO5. The Morgan fingerprint density at radius 3 is 2.38 bits per heavy atom. The number of hydrogen-bond donors (Lipinski definition) is 3. The van der Waals surface area contributed by atoms with Crippen molar-refractivity contribution in [1.29, 1.82) is 0 Å². The number of fused-ring (bicyclic) bond motifs is 1. The zero-order valence-electron chi connectivity index (χ0n) is 20.7. The first-order chi connectivity index (χ1) is 18.1. The molecule has 5 N–H and O–H groups in total. The molecule has 0 fully saturated rings. The fraction of sp³-hybridized carbons (Fsp3) is 0.111. The molecule has 0 radical (unpaired) electrons. The summed E-state index contributed by atoms with van der Waals surface area (Å²) in [5.74, 6) is -2.07. The van der Waals surface area contributed by atoms with Crippen LogP contribution < -0.4 is 60.9 Å². The molecule has 0 saturated heterocycles. The standard InChI is InChI=1S/C27H22Cl2FN3O5.Na/c28-19-6-3-15(11-21(19)30)22(31)7-8-25(32)33-26(34)14-1-4-16(5-2-14)38-24-13-23-18(12-20(24)29)17(27(35)36)9-10-37-23;/h1-8,11-13,17H,9-10,31-32H2,(H,33,34)(H,35,36);/q;+1/p-1/b22-7-,25-8+;. The first kappa shape index (κ1) is 30.3. The Labute approximate surface area is 255 Å². The van der Waals surface area contributed by atoms with E-state index in [4.69, 9.17) is 44.1 Å².